The van der Waals surface area contributed by atoms with Gasteiger partial charge in [-0.05, 0) is 23.1 Å². The number of hydrogen-bond acceptors (Lipinski definition) is 6. The largest absolute Gasteiger partial charge is 0.453 e. The van der Waals surface area contributed by atoms with Gasteiger partial charge in [-0.1, -0.05) is 60.7 Å². The van der Waals surface area contributed by atoms with Gasteiger partial charge in [-0.15, -0.1) is 11.3 Å². The van der Waals surface area contributed by atoms with Crippen molar-refractivity contribution >= 4 is 34.2 Å². The van der Waals surface area contributed by atoms with Gasteiger partial charge in [-0.25, -0.2) is 9.69 Å². The number of nitriles is 1. The van der Waals surface area contributed by atoms with Crippen LogP contribution in [0.4, 0.5) is 9.80 Å². The molecule has 1 aliphatic rings. The highest BCUT2D eigenvalue weighted by Gasteiger charge is 2.33. The van der Waals surface area contributed by atoms with Crippen LogP contribution in [0.25, 0.3) is 0 Å². The van der Waals surface area contributed by atoms with E-state index in [2.05, 4.69) is 6.07 Å². The van der Waals surface area contributed by atoms with Gasteiger partial charge in [0, 0.05) is 11.4 Å². The number of benzene rings is 2. The fourth-order valence-corrected chi connectivity index (χ4v) is 5.36. The molecule has 4 rings (SSSR count). The summed E-state index contributed by atoms with van der Waals surface area (Å²) in [6.45, 7) is 0.676. The number of carbonyl (C=O) groups is 3. The Morgan fingerprint density at radius 2 is 1.56 bits per heavy atom. The van der Waals surface area contributed by atoms with Crippen molar-refractivity contribution in [3.63, 3.8) is 0 Å². The molecule has 34 heavy (non-hydrogen) atoms. The minimum absolute atomic E-state index is 0.0308. The molecule has 1 aliphatic heterocycles. The Bertz CT molecular complexity index is 1190. The van der Waals surface area contributed by atoms with Gasteiger partial charge in [-0.2, -0.15) is 5.26 Å². The zero-order chi connectivity index (χ0) is 24.1. The molecule has 0 aliphatic carbocycles. The molecule has 0 atom stereocenters. The minimum Gasteiger partial charge on any atom is -0.453 e. The molecule has 0 N–H and O–H groups in total. The molecule has 0 saturated carbocycles. The van der Waals surface area contributed by atoms with Crippen LogP contribution in [0.5, 0.6) is 0 Å². The topological polar surface area (TPSA) is 90.7 Å². The van der Waals surface area contributed by atoms with E-state index >= 15 is 0 Å². The molecule has 3 aromatic rings. The second kappa shape index (κ2) is 10.3. The minimum atomic E-state index is -0.448. The van der Waals surface area contributed by atoms with Crippen LogP contribution in [0.15, 0.2) is 60.7 Å². The maximum Gasteiger partial charge on any atom is 0.409 e. The number of amides is 3. The first kappa shape index (κ1) is 23.2. The number of anilines is 1. The highest BCUT2D eigenvalue weighted by atomic mass is 32.1. The number of imide groups is 1. The van der Waals surface area contributed by atoms with Crippen molar-refractivity contribution in [2.45, 2.75) is 25.8 Å². The fourth-order valence-electron chi connectivity index (χ4n) is 4.01. The molecule has 2 aromatic carbocycles. The SMILES string of the molecule is COC(=O)N1CCc2c(sc(N(C(=O)Cc3ccccc3)C(=O)Cc3ccccc3)c2C#N)C1. The first-order chi connectivity index (χ1) is 16.5. The summed E-state index contributed by atoms with van der Waals surface area (Å²) in [5.74, 6) is -0.792. The third-order valence-electron chi connectivity index (χ3n) is 5.68. The number of fused-ring (bicyclic) bond motifs is 1. The predicted molar refractivity (Wildman–Crippen MR) is 128 cm³/mol. The first-order valence-electron chi connectivity index (χ1n) is 10.8. The molecular formula is C26H23N3O4S. The van der Waals surface area contributed by atoms with Crippen LogP contribution >= 0.6 is 11.3 Å². The van der Waals surface area contributed by atoms with Crippen LogP contribution in [-0.4, -0.2) is 36.5 Å². The molecule has 3 amide bonds. The van der Waals surface area contributed by atoms with Gasteiger partial charge in [-0.3, -0.25) is 9.59 Å². The molecular weight excluding hydrogens is 450 g/mol. The molecule has 0 bridgehead atoms. The Morgan fingerprint density at radius 1 is 1.00 bits per heavy atom. The van der Waals surface area contributed by atoms with Gasteiger partial charge in [0.2, 0.25) is 11.8 Å². The molecule has 0 fully saturated rings. The van der Waals surface area contributed by atoms with E-state index in [0.29, 0.717) is 23.5 Å². The zero-order valence-corrected chi connectivity index (χ0v) is 19.5. The van der Waals surface area contributed by atoms with Gasteiger partial charge in [0.15, 0.2) is 0 Å². The maximum absolute atomic E-state index is 13.5. The standard InChI is InChI=1S/C26H23N3O4S/c1-33-26(32)28-13-12-20-21(16-27)25(34-22(20)17-28)29(23(30)14-18-8-4-2-5-9-18)24(31)15-19-10-6-3-7-11-19/h2-11H,12-15,17H2,1H3. The van der Waals surface area contributed by atoms with E-state index < -0.39 is 17.9 Å². The summed E-state index contributed by atoms with van der Waals surface area (Å²) in [5, 5.41) is 10.3. The Balaban J connectivity index is 1.72. The number of hydrogen-bond donors (Lipinski definition) is 0. The lowest BCUT2D eigenvalue weighted by Gasteiger charge is -2.25. The molecule has 0 radical (unpaired) electrons. The van der Waals surface area contributed by atoms with E-state index in [4.69, 9.17) is 4.74 Å². The number of carbonyl (C=O) groups excluding carboxylic acids is 3. The van der Waals surface area contributed by atoms with Crippen molar-refractivity contribution in [2.75, 3.05) is 18.6 Å². The monoisotopic (exact) mass is 473 g/mol. The Labute approximate surface area is 201 Å². The lowest BCUT2D eigenvalue weighted by Crippen LogP contribution is -2.39. The maximum atomic E-state index is 13.5. The Morgan fingerprint density at radius 3 is 2.06 bits per heavy atom. The molecule has 2 heterocycles. The smallest absolute Gasteiger partial charge is 0.409 e. The van der Waals surface area contributed by atoms with Crippen molar-refractivity contribution in [1.29, 1.82) is 5.26 Å². The van der Waals surface area contributed by atoms with Gasteiger partial charge >= 0.3 is 6.09 Å². The van der Waals surface area contributed by atoms with Crippen molar-refractivity contribution in [3.05, 3.63) is 87.8 Å². The second-order valence-electron chi connectivity index (χ2n) is 7.88. The average molecular weight is 474 g/mol. The summed E-state index contributed by atoms with van der Waals surface area (Å²) >= 11 is 1.22. The van der Waals surface area contributed by atoms with E-state index in [1.54, 1.807) is 4.90 Å². The van der Waals surface area contributed by atoms with Gasteiger partial charge in [0.25, 0.3) is 0 Å². The summed E-state index contributed by atoms with van der Waals surface area (Å²) in [4.78, 5) is 42.4. The lowest BCUT2D eigenvalue weighted by atomic mass is 10.0. The molecule has 0 unspecified atom stereocenters. The summed E-state index contributed by atoms with van der Waals surface area (Å²) in [5.41, 5.74) is 2.67. The number of ether oxygens (including phenoxy) is 1. The number of thiophene rings is 1. The average Bonchev–Trinajstić information content (AvgIpc) is 3.21. The van der Waals surface area contributed by atoms with Crippen LogP contribution in [0.1, 0.15) is 27.1 Å². The van der Waals surface area contributed by atoms with Crippen LogP contribution in [-0.2, 0) is 40.1 Å². The van der Waals surface area contributed by atoms with Crippen molar-refractivity contribution in [1.82, 2.24) is 4.90 Å². The van der Waals surface area contributed by atoms with Crippen LogP contribution < -0.4 is 4.90 Å². The van der Waals surface area contributed by atoms with Crippen molar-refractivity contribution in [3.8, 4) is 6.07 Å². The van der Waals surface area contributed by atoms with Gasteiger partial charge < -0.3 is 9.64 Å². The summed E-state index contributed by atoms with van der Waals surface area (Å²) < 4.78 is 4.83. The highest BCUT2D eigenvalue weighted by molar-refractivity contribution is 7.17. The number of nitrogens with zero attached hydrogens (tertiary/aromatic N) is 3. The zero-order valence-electron chi connectivity index (χ0n) is 18.7. The molecule has 1 aromatic heterocycles. The summed E-state index contributed by atoms with van der Waals surface area (Å²) in [6.07, 6.45) is 0.0696. The molecule has 8 heteroatoms. The Hall–Kier alpha value is -3.96. The van der Waals surface area contributed by atoms with Crippen molar-refractivity contribution < 1.29 is 19.1 Å². The summed E-state index contributed by atoms with van der Waals surface area (Å²) in [7, 11) is 1.32. The van der Waals surface area contributed by atoms with Gasteiger partial charge in [0.1, 0.15) is 11.1 Å². The highest BCUT2D eigenvalue weighted by Crippen LogP contribution is 2.39. The number of rotatable bonds is 5. The number of methoxy groups -OCH3 is 1. The third kappa shape index (κ3) is 4.85. The van der Waals surface area contributed by atoms with Crippen LogP contribution in [0.2, 0.25) is 0 Å². The lowest BCUT2D eigenvalue weighted by molar-refractivity contribution is -0.125. The molecule has 0 spiro atoms. The molecule has 172 valence electrons. The predicted octanol–water partition coefficient (Wildman–Crippen LogP) is 4.09. The molecule has 7 nitrogen and oxygen atoms in total. The molecule has 0 saturated heterocycles. The van der Waals surface area contributed by atoms with E-state index in [9.17, 15) is 19.6 Å². The van der Waals surface area contributed by atoms with Crippen molar-refractivity contribution in [2.24, 2.45) is 0 Å². The second-order valence-corrected chi connectivity index (χ2v) is 8.97. The first-order valence-corrected chi connectivity index (χ1v) is 11.6. The van der Waals surface area contributed by atoms with Crippen LogP contribution in [0.3, 0.4) is 0 Å². The summed E-state index contributed by atoms with van der Waals surface area (Å²) in [6, 6.07) is 20.6. The third-order valence-corrected chi connectivity index (χ3v) is 6.88. The Kier molecular flexibility index (Phi) is 7.04. The van der Waals surface area contributed by atoms with E-state index in [1.165, 1.54) is 18.4 Å². The quantitative estimate of drug-likeness (QED) is 0.557. The van der Waals surface area contributed by atoms with Gasteiger partial charge in [0.05, 0.1) is 32.1 Å². The fraction of sp³-hybridized carbons (Fsp3) is 0.231. The van der Waals surface area contributed by atoms with E-state index in [0.717, 1.165) is 26.5 Å². The normalized spacial score (nSPS) is 12.4. The van der Waals surface area contributed by atoms with E-state index in [-0.39, 0.29) is 19.4 Å². The van der Waals surface area contributed by atoms with E-state index in [1.807, 2.05) is 60.7 Å². The van der Waals surface area contributed by atoms with Crippen LogP contribution in [0, 0.1) is 11.3 Å².